The number of carbonyl (C=O) groups is 1. The Kier molecular flexibility index (Phi) is 4.74. The van der Waals surface area contributed by atoms with Crippen molar-refractivity contribution in [1.82, 2.24) is 25.2 Å². The second-order valence-corrected chi connectivity index (χ2v) is 7.29. The standard InChI is InChI=1S/C18H13F3N6OS/c1-10-5-6-13-14(7-10)29-17(22-13)23-15(28)9-27-25-16(24-26-27)11-3-2-4-12(8-11)18(19,20)21/h2-8H,9H2,1H3,(H,22,23,28). The van der Waals surface area contributed by atoms with Gasteiger partial charge in [-0.15, -0.1) is 10.2 Å². The van der Waals surface area contributed by atoms with Crippen LogP contribution in [0.4, 0.5) is 18.3 Å². The van der Waals surface area contributed by atoms with Crippen molar-refractivity contribution in [2.75, 3.05) is 5.32 Å². The van der Waals surface area contributed by atoms with Gasteiger partial charge in [0.05, 0.1) is 15.8 Å². The van der Waals surface area contributed by atoms with Gasteiger partial charge in [0.1, 0.15) is 6.54 Å². The van der Waals surface area contributed by atoms with Crippen LogP contribution in [0, 0.1) is 6.92 Å². The first-order valence-electron chi connectivity index (χ1n) is 8.40. The molecule has 0 aliphatic rings. The molecule has 148 valence electrons. The van der Waals surface area contributed by atoms with E-state index in [4.69, 9.17) is 0 Å². The number of aryl methyl sites for hydroxylation is 1. The number of halogens is 3. The van der Waals surface area contributed by atoms with Gasteiger partial charge in [-0.25, -0.2) is 4.98 Å². The quantitative estimate of drug-likeness (QED) is 0.543. The maximum atomic E-state index is 12.8. The monoisotopic (exact) mass is 418 g/mol. The molecular formula is C18H13F3N6OS. The van der Waals surface area contributed by atoms with Crippen LogP contribution in [0.3, 0.4) is 0 Å². The van der Waals surface area contributed by atoms with Crippen LogP contribution in [0.15, 0.2) is 42.5 Å². The number of alkyl halides is 3. The number of benzene rings is 2. The number of aromatic nitrogens is 5. The fourth-order valence-electron chi connectivity index (χ4n) is 2.63. The highest BCUT2D eigenvalue weighted by Gasteiger charge is 2.30. The highest BCUT2D eigenvalue weighted by molar-refractivity contribution is 7.22. The molecule has 0 fully saturated rings. The van der Waals surface area contributed by atoms with Gasteiger partial charge in [0.25, 0.3) is 0 Å². The van der Waals surface area contributed by atoms with Gasteiger partial charge in [0.15, 0.2) is 5.13 Å². The average Bonchev–Trinajstić information content (AvgIpc) is 3.27. The first kappa shape index (κ1) is 19.0. The number of nitrogens with one attached hydrogen (secondary N) is 1. The van der Waals surface area contributed by atoms with Crippen LogP contribution < -0.4 is 5.32 Å². The van der Waals surface area contributed by atoms with Gasteiger partial charge in [-0.3, -0.25) is 4.79 Å². The van der Waals surface area contributed by atoms with Crippen molar-refractivity contribution < 1.29 is 18.0 Å². The van der Waals surface area contributed by atoms with Gasteiger partial charge in [-0.1, -0.05) is 29.5 Å². The van der Waals surface area contributed by atoms with E-state index >= 15 is 0 Å². The average molecular weight is 418 g/mol. The molecule has 0 saturated heterocycles. The molecule has 0 saturated carbocycles. The third-order valence-corrected chi connectivity index (χ3v) is 4.91. The summed E-state index contributed by atoms with van der Waals surface area (Å²) in [5.41, 5.74) is 1.22. The smallest absolute Gasteiger partial charge is 0.300 e. The van der Waals surface area contributed by atoms with Crippen molar-refractivity contribution in [2.24, 2.45) is 0 Å². The summed E-state index contributed by atoms with van der Waals surface area (Å²) in [5, 5.41) is 14.6. The van der Waals surface area contributed by atoms with Gasteiger partial charge in [0, 0.05) is 5.56 Å². The van der Waals surface area contributed by atoms with Crippen molar-refractivity contribution in [3.8, 4) is 11.4 Å². The minimum absolute atomic E-state index is 0.000590. The molecule has 2 heterocycles. The van der Waals surface area contributed by atoms with Gasteiger partial charge >= 0.3 is 6.18 Å². The predicted octanol–water partition coefficient (Wildman–Crippen LogP) is 3.92. The maximum absolute atomic E-state index is 12.8. The van der Waals surface area contributed by atoms with Crippen LogP contribution in [0.5, 0.6) is 0 Å². The van der Waals surface area contributed by atoms with E-state index in [1.54, 1.807) is 0 Å². The highest BCUT2D eigenvalue weighted by atomic mass is 32.1. The molecule has 7 nitrogen and oxygen atoms in total. The molecule has 2 aromatic heterocycles. The lowest BCUT2D eigenvalue weighted by molar-refractivity contribution is -0.137. The first-order chi connectivity index (χ1) is 13.8. The van der Waals surface area contributed by atoms with Crippen molar-refractivity contribution >= 4 is 32.6 Å². The summed E-state index contributed by atoms with van der Waals surface area (Å²) < 4.78 is 39.5. The van der Waals surface area contributed by atoms with Crippen LogP contribution in [0.2, 0.25) is 0 Å². The molecule has 0 radical (unpaired) electrons. The van der Waals surface area contributed by atoms with E-state index in [9.17, 15) is 18.0 Å². The lowest BCUT2D eigenvalue weighted by atomic mass is 10.1. The van der Waals surface area contributed by atoms with E-state index in [0.717, 1.165) is 32.7 Å². The number of fused-ring (bicyclic) bond motifs is 1. The van der Waals surface area contributed by atoms with Crippen molar-refractivity contribution in [1.29, 1.82) is 0 Å². The Bertz CT molecular complexity index is 1200. The largest absolute Gasteiger partial charge is 0.416 e. The van der Waals surface area contributed by atoms with Gasteiger partial charge < -0.3 is 5.32 Å². The van der Waals surface area contributed by atoms with Gasteiger partial charge in [0.2, 0.25) is 11.7 Å². The Labute approximate surface area is 166 Å². The van der Waals surface area contributed by atoms with Gasteiger partial charge in [-0.05, 0) is 42.0 Å². The SMILES string of the molecule is Cc1ccc2nc(NC(=O)Cn3nnc(-c4cccc(C(F)(F)F)c4)n3)sc2c1. The number of hydrogen-bond donors (Lipinski definition) is 1. The number of hydrogen-bond acceptors (Lipinski definition) is 6. The van der Waals surface area contributed by atoms with E-state index < -0.39 is 17.6 Å². The Morgan fingerprint density at radius 3 is 2.83 bits per heavy atom. The molecule has 1 amide bonds. The maximum Gasteiger partial charge on any atom is 0.416 e. The number of nitrogens with zero attached hydrogens (tertiary/aromatic N) is 5. The summed E-state index contributed by atoms with van der Waals surface area (Å²) in [7, 11) is 0. The zero-order valence-corrected chi connectivity index (χ0v) is 15.8. The van der Waals surface area contributed by atoms with E-state index in [2.05, 4.69) is 25.7 Å². The lowest BCUT2D eigenvalue weighted by Gasteiger charge is -2.06. The topological polar surface area (TPSA) is 85.6 Å². The molecule has 4 rings (SSSR count). The van der Waals surface area contributed by atoms with Crippen LogP contribution in [-0.4, -0.2) is 31.1 Å². The second-order valence-electron chi connectivity index (χ2n) is 6.26. The molecule has 0 aliphatic carbocycles. The summed E-state index contributed by atoms with van der Waals surface area (Å²) in [6, 6.07) is 10.4. The number of anilines is 1. The number of carbonyl (C=O) groups excluding carboxylic acids is 1. The number of amides is 1. The van der Waals surface area contributed by atoms with Crippen LogP contribution in [0.25, 0.3) is 21.6 Å². The van der Waals surface area contributed by atoms with Crippen LogP contribution >= 0.6 is 11.3 Å². The zero-order chi connectivity index (χ0) is 20.6. The van der Waals surface area contributed by atoms with Crippen molar-refractivity contribution in [2.45, 2.75) is 19.6 Å². The number of rotatable bonds is 4. The summed E-state index contributed by atoms with van der Waals surface area (Å²) in [6.07, 6.45) is -4.47. The van der Waals surface area contributed by atoms with E-state index in [1.165, 1.54) is 23.5 Å². The number of tetrazole rings is 1. The summed E-state index contributed by atoms with van der Waals surface area (Å²) >= 11 is 1.34. The van der Waals surface area contributed by atoms with E-state index in [1.807, 2.05) is 25.1 Å². The molecule has 0 unspecified atom stereocenters. The Balaban J connectivity index is 1.46. The molecule has 0 atom stereocenters. The molecule has 0 aliphatic heterocycles. The first-order valence-corrected chi connectivity index (χ1v) is 9.22. The predicted molar refractivity (Wildman–Crippen MR) is 101 cm³/mol. The Morgan fingerprint density at radius 2 is 2.03 bits per heavy atom. The van der Waals surface area contributed by atoms with Crippen molar-refractivity contribution in [3.63, 3.8) is 0 Å². The molecule has 1 N–H and O–H groups in total. The minimum Gasteiger partial charge on any atom is -0.300 e. The fraction of sp³-hybridized carbons (Fsp3) is 0.167. The Morgan fingerprint density at radius 1 is 1.21 bits per heavy atom. The van der Waals surface area contributed by atoms with Crippen molar-refractivity contribution in [3.05, 3.63) is 53.6 Å². The minimum atomic E-state index is -4.47. The summed E-state index contributed by atoms with van der Waals surface area (Å²) in [4.78, 5) is 17.6. The molecule has 0 spiro atoms. The molecular weight excluding hydrogens is 405 g/mol. The summed E-state index contributed by atoms with van der Waals surface area (Å²) in [5.74, 6) is -0.423. The molecule has 4 aromatic rings. The fourth-order valence-corrected chi connectivity index (χ4v) is 3.61. The van der Waals surface area contributed by atoms with E-state index in [0.29, 0.717) is 5.13 Å². The number of thiazole rings is 1. The molecule has 2 aromatic carbocycles. The van der Waals surface area contributed by atoms with Gasteiger partial charge in [-0.2, -0.15) is 18.0 Å². The van der Waals surface area contributed by atoms with Crippen LogP contribution in [-0.2, 0) is 17.5 Å². The molecule has 11 heteroatoms. The zero-order valence-electron chi connectivity index (χ0n) is 14.9. The molecule has 0 bridgehead atoms. The Hall–Kier alpha value is -3.34. The summed E-state index contributed by atoms with van der Waals surface area (Å²) in [6.45, 7) is 1.72. The van der Waals surface area contributed by atoms with Crippen LogP contribution in [0.1, 0.15) is 11.1 Å². The normalized spacial score (nSPS) is 11.7. The lowest BCUT2D eigenvalue weighted by Crippen LogP contribution is -2.20. The van der Waals surface area contributed by atoms with E-state index in [-0.39, 0.29) is 17.9 Å². The highest BCUT2D eigenvalue weighted by Crippen LogP contribution is 2.31. The third kappa shape index (κ3) is 4.24. The molecule has 29 heavy (non-hydrogen) atoms. The second kappa shape index (κ2) is 7.24. The third-order valence-electron chi connectivity index (χ3n) is 3.98.